The van der Waals surface area contributed by atoms with E-state index >= 15 is 0 Å². The molecule has 1 aliphatic heterocycles. The first-order valence-corrected chi connectivity index (χ1v) is 10.1. The highest BCUT2D eigenvalue weighted by Crippen LogP contribution is 2.32. The van der Waals surface area contributed by atoms with Gasteiger partial charge in [0.05, 0.1) is 0 Å². The summed E-state index contributed by atoms with van der Waals surface area (Å²) >= 11 is 0. The highest BCUT2D eigenvalue weighted by atomic mass is 15.1. The number of benzene rings is 2. The van der Waals surface area contributed by atoms with E-state index in [4.69, 9.17) is 0 Å². The first-order valence-electron chi connectivity index (χ1n) is 10.1. The van der Waals surface area contributed by atoms with Crippen molar-refractivity contribution in [2.45, 2.75) is 52.5 Å². The maximum absolute atomic E-state index is 2.51. The molecule has 27 heavy (non-hydrogen) atoms. The van der Waals surface area contributed by atoms with E-state index in [0.717, 1.165) is 6.42 Å². The zero-order valence-corrected chi connectivity index (χ0v) is 17.0. The van der Waals surface area contributed by atoms with Crippen molar-refractivity contribution in [1.29, 1.82) is 0 Å². The molecule has 0 N–H and O–H groups in total. The van der Waals surface area contributed by atoms with Gasteiger partial charge in [0.2, 0.25) is 0 Å². The summed E-state index contributed by atoms with van der Waals surface area (Å²) < 4.78 is 2.39. The monoisotopic (exact) mass is 358 g/mol. The van der Waals surface area contributed by atoms with Crippen LogP contribution in [0.25, 0.3) is 5.69 Å². The molecule has 140 valence electrons. The SMILES string of the molecule is Cc1ccc2c(c1)CCC(CCc1cc(C)n(-c3ccccc3)c1C)N2C. The zero-order chi connectivity index (χ0) is 19.0. The highest BCUT2D eigenvalue weighted by molar-refractivity contribution is 5.57. The number of hydrogen-bond acceptors (Lipinski definition) is 1. The van der Waals surface area contributed by atoms with Gasteiger partial charge >= 0.3 is 0 Å². The Morgan fingerprint density at radius 2 is 1.74 bits per heavy atom. The van der Waals surface area contributed by atoms with Crippen molar-refractivity contribution in [3.63, 3.8) is 0 Å². The molecule has 0 bridgehead atoms. The predicted octanol–water partition coefficient (Wildman–Crippen LogP) is 5.79. The summed E-state index contributed by atoms with van der Waals surface area (Å²) in [6.07, 6.45) is 4.81. The van der Waals surface area contributed by atoms with Crippen molar-refractivity contribution in [3.8, 4) is 5.69 Å². The second-order valence-electron chi connectivity index (χ2n) is 8.04. The van der Waals surface area contributed by atoms with Crippen LogP contribution in [0, 0.1) is 20.8 Å². The molecule has 0 radical (unpaired) electrons. The number of para-hydroxylation sites is 1. The Bertz CT molecular complexity index is 936. The minimum atomic E-state index is 0.625. The Morgan fingerprint density at radius 3 is 2.52 bits per heavy atom. The molecule has 2 nitrogen and oxygen atoms in total. The summed E-state index contributed by atoms with van der Waals surface area (Å²) in [6, 6.07) is 20.6. The Kier molecular flexibility index (Phi) is 4.82. The van der Waals surface area contributed by atoms with Crippen LogP contribution < -0.4 is 4.90 Å². The molecule has 2 heterocycles. The van der Waals surface area contributed by atoms with Crippen LogP contribution in [0.3, 0.4) is 0 Å². The van der Waals surface area contributed by atoms with Crippen LogP contribution in [0.2, 0.25) is 0 Å². The number of rotatable bonds is 4. The first-order chi connectivity index (χ1) is 13.0. The molecule has 0 spiro atoms. The van der Waals surface area contributed by atoms with Gasteiger partial charge in [-0.2, -0.15) is 0 Å². The minimum Gasteiger partial charge on any atom is -0.371 e. The number of anilines is 1. The summed E-state index contributed by atoms with van der Waals surface area (Å²) in [4.78, 5) is 2.51. The van der Waals surface area contributed by atoms with Gasteiger partial charge in [-0.1, -0.05) is 35.9 Å². The van der Waals surface area contributed by atoms with Gasteiger partial charge in [0, 0.05) is 35.9 Å². The fourth-order valence-corrected chi connectivity index (χ4v) is 4.69. The molecular weight excluding hydrogens is 328 g/mol. The van der Waals surface area contributed by atoms with Gasteiger partial charge < -0.3 is 9.47 Å². The summed E-state index contributed by atoms with van der Waals surface area (Å²) in [5, 5.41) is 0. The van der Waals surface area contributed by atoms with Crippen molar-refractivity contribution in [2.24, 2.45) is 0 Å². The summed E-state index contributed by atoms with van der Waals surface area (Å²) in [5.41, 5.74) is 9.76. The summed E-state index contributed by atoms with van der Waals surface area (Å²) in [7, 11) is 2.27. The normalized spacial score (nSPS) is 16.4. The fourth-order valence-electron chi connectivity index (χ4n) is 4.69. The minimum absolute atomic E-state index is 0.625. The van der Waals surface area contributed by atoms with Gasteiger partial charge in [-0.3, -0.25) is 0 Å². The van der Waals surface area contributed by atoms with Crippen LogP contribution in [0.1, 0.15) is 40.9 Å². The van der Waals surface area contributed by atoms with Crippen LogP contribution in [0.5, 0.6) is 0 Å². The molecule has 0 aliphatic carbocycles. The quantitative estimate of drug-likeness (QED) is 0.573. The molecule has 0 amide bonds. The molecule has 0 saturated carbocycles. The molecule has 1 atom stereocenters. The first kappa shape index (κ1) is 17.9. The second-order valence-corrected chi connectivity index (χ2v) is 8.04. The van der Waals surface area contributed by atoms with Gasteiger partial charge in [0.1, 0.15) is 0 Å². The molecule has 1 aromatic heterocycles. The molecule has 4 rings (SSSR count). The van der Waals surface area contributed by atoms with E-state index in [-0.39, 0.29) is 0 Å². The lowest BCUT2D eigenvalue weighted by molar-refractivity contribution is 0.520. The molecule has 3 aromatic rings. The van der Waals surface area contributed by atoms with Crippen molar-refractivity contribution in [2.75, 3.05) is 11.9 Å². The molecule has 1 unspecified atom stereocenters. The van der Waals surface area contributed by atoms with Gasteiger partial charge in [0.15, 0.2) is 0 Å². The average Bonchev–Trinajstić information content (AvgIpc) is 2.95. The van der Waals surface area contributed by atoms with Crippen LogP contribution in [0.4, 0.5) is 5.69 Å². The van der Waals surface area contributed by atoms with Crippen LogP contribution in [0.15, 0.2) is 54.6 Å². The van der Waals surface area contributed by atoms with Gasteiger partial charge in [-0.05, 0) is 81.8 Å². The van der Waals surface area contributed by atoms with E-state index in [0.29, 0.717) is 6.04 Å². The fraction of sp³-hybridized carbons (Fsp3) is 0.360. The largest absolute Gasteiger partial charge is 0.371 e. The van der Waals surface area contributed by atoms with E-state index in [1.54, 1.807) is 0 Å². The lowest BCUT2D eigenvalue weighted by atomic mass is 9.91. The van der Waals surface area contributed by atoms with E-state index in [1.807, 2.05) is 0 Å². The Balaban J connectivity index is 1.51. The van der Waals surface area contributed by atoms with Crippen molar-refractivity contribution in [3.05, 3.63) is 82.7 Å². The molecule has 2 heteroatoms. The van der Waals surface area contributed by atoms with E-state index in [1.165, 1.54) is 58.7 Å². The molecule has 0 saturated heterocycles. The third kappa shape index (κ3) is 3.41. The number of nitrogens with zero attached hydrogens (tertiary/aromatic N) is 2. The second kappa shape index (κ2) is 7.26. The van der Waals surface area contributed by atoms with Crippen LogP contribution >= 0.6 is 0 Å². The Hall–Kier alpha value is -2.48. The lowest BCUT2D eigenvalue weighted by Gasteiger charge is -2.36. The van der Waals surface area contributed by atoms with E-state index < -0.39 is 0 Å². The Labute approximate surface area is 163 Å². The maximum atomic E-state index is 2.51. The predicted molar refractivity (Wildman–Crippen MR) is 115 cm³/mol. The van der Waals surface area contributed by atoms with Gasteiger partial charge in [-0.25, -0.2) is 0 Å². The zero-order valence-electron chi connectivity index (χ0n) is 17.0. The van der Waals surface area contributed by atoms with E-state index in [9.17, 15) is 0 Å². The van der Waals surface area contributed by atoms with Gasteiger partial charge in [0.25, 0.3) is 0 Å². The lowest BCUT2D eigenvalue weighted by Crippen LogP contribution is -2.36. The van der Waals surface area contributed by atoms with Crippen molar-refractivity contribution in [1.82, 2.24) is 4.57 Å². The van der Waals surface area contributed by atoms with Crippen LogP contribution in [-0.2, 0) is 12.8 Å². The topological polar surface area (TPSA) is 8.17 Å². The highest BCUT2D eigenvalue weighted by Gasteiger charge is 2.23. The van der Waals surface area contributed by atoms with E-state index in [2.05, 4.69) is 91.9 Å². The summed E-state index contributed by atoms with van der Waals surface area (Å²) in [5.74, 6) is 0. The number of hydrogen-bond donors (Lipinski definition) is 0. The molecule has 1 aliphatic rings. The molecule has 2 aromatic carbocycles. The number of fused-ring (bicyclic) bond motifs is 1. The maximum Gasteiger partial charge on any atom is 0.0455 e. The van der Waals surface area contributed by atoms with Crippen molar-refractivity contribution >= 4 is 5.69 Å². The Morgan fingerprint density at radius 1 is 0.963 bits per heavy atom. The average molecular weight is 359 g/mol. The number of aryl methyl sites for hydroxylation is 4. The molecular formula is C25H30N2. The van der Waals surface area contributed by atoms with Crippen LogP contribution in [-0.4, -0.2) is 17.7 Å². The smallest absolute Gasteiger partial charge is 0.0455 e. The third-order valence-electron chi connectivity index (χ3n) is 6.21. The molecule has 0 fully saturated rings. The van der Waals surface area contributed by atoms with Gasteiger partial charge in [-0.15, -0.1) is 0 Å². The third-order valence-corrected chi connectivity index (χ3v) is 6.21. The summed E-state index contributed by atoms with van der Waals surface area (Å²) in [6.45, 7) is 6.67. The van der Waals surface area contributed by atoms with Crippen molar-refractivity contribution < 1.29 is 0 Å². The standard InChI is InChI=1S/C25H30N2/c1-18-10-15-25-22(16-18)12-14-23(26(25)4)13-11-21-17-19(2)27(20(21)3)24-8-6-5-7-9-24/h5-10,15-17,23H,11-14H2,1-4H3. The number of aromatic nitrogens is 1.